The highest BCUT2D eigenvalue weighted by molar-refractivity contribution is 7.89. The van der Waals surface area contributed by atoms with Crippen LogP contribution in [-0.2, 0) is 19.6 Å². The first-order valence-corrected chi connectivity index (χ1v) is 9.59. The van der Waals surface area contributed by atoms with Gasteiger partial charge in [-0.05, 0) is 31.9 Å². The van der Waals surface area contributed by atoms with Crippen LogP contribution >= 0.6 is 11.7 Å². The van der Waals surface area contributed by atoms with Gasteiger partial charge < -0.3 is 4.74 Å². The Morgan fingerprint density at radius 3 is 3.04 bits per heavy atom. The largest absolute Gasteiger partial charge is 0.466 e. The average Bonchev–Trinajstić information content (AvgIpc) is 3.03. The first-order valence-electron chi connectivity index (χ1n) is 7.42. The van der Waals surface area contributed by atoms with E-state index in [2.05, 4.69) is 8.75 Å². The number of fused-ring (bicyclic) bond motifs is 1. The van der Waals surface area contributed by atoms with Crippen LogP contribution in [-0.4, -0.2) is 47.1 Å². The van der Waals surface area contributed by atoms with E-state index in [4.69, 9.17) is 4.74 Å². The number of hydrogen-bond acceptors (Lipinski definition) is 7. The molecule has 0 bridgehead atoms. The van der Waals surface area contributed by atoms with Gasteiger partial charge in [-0.3, -0.25) is 4.79 Å². The zero-order valence-electron chi connectivity index (χ0n) is 12.6. The molecule has 1 aromatic heterocycles. The van der Waals surface area contributed by atoms with Gasteiger partial charge in [-0.15, -0.1) is 0 Å². The fourth-order valence-corrected chi connectivity index (χ4v) is 5.02. The van der Waals surface area contributed by atoms with Gasteiger partial charge in [0.1, 0.15) is 15.9 Å². The lowest BCUT2D eigenvalue weighted by atomic mass is 10.0. The van der Waals surface area contributed by atoms with Crippen molar-refractivity contribution in [2.45, 2.75) is 24.7 Å². The zero-order chi connectivity index (χ0) is 16.4. The minimum Gasteiger partial charge on any atom is -0.466 e. The molecule has 1 saturated heterocycles. The van der Waals surface area contributed by atoms with Crippen molar-refractivity contribution in [3.63, 3.8) is 0 Å². The Bertz CT molecular complexity index is 818. The molecule has 1 atom stereocenters. The van der Waals surface area contributed by atoms with E-state index in [1.54, 1.807) is 19.1 Å². The van der Waals surface area contributed by atoms with Crippen molar-refractivity contribution >= 4 is 38.8 Å². The lowest BCUT2D eigenvalue weighted by Crippen LogP contribution is -2.42. The predicted octanol–water partition coefficient (Wildman–Crippen LogP) is 1.66. The number of rotatable bonds is 4. The summed E-state index contributed by atoms with van der Waals surface area (Å²) in [5.41, 5.74) is 0.950. The van der Waals surface area contributed by atoms with Gasteiger partial charge in [0.15, 0.2) is 0 Å². The van der Waals surface area contributed by atoms with E-state index in [-0.39, 0.29) is 17.4 Å². The highest BCUT2D eigenvalue weighted by Crippen LogP contribution is 2.28. The van der Waals surface area contributed by atoms with Crippen molar-refractivity contribution in [3.05, 3.63) is 18.2 Å². The molecule has 7 nitrogen and oxygen atoms in total. The fourth-order valence-electron chi connectivity index (χ4n) is 2.74. The summed E-state index contributed by atoms with van der Waals surface area (Å²) in [4.78, 5) is 12.1. The Kier molecular flexibility index (Phi) is 4.60. The molecule has 0 N–H and O–H groups in total. The van der Waals surface area contributed by atoms with Crippen LogP contribution in [0.25, 0.3) is 11.0 Å². The molecule has 0 unspecified atom stereocenters. The third-order valence-electron chi connectivity index (χ3n) is 3.87. The van der Waals surface area contributed by atoms with Crippen LogP contribution in [0.2, 0.25) is 0 Å². The maximum absolute atomic E-state index is 12.9. The molecule has 23 heavy (non-hydrogen) atoms. The molecule has 0 saturated carbocycles. The standard InChI is InChI=1S/C14H17N3O4S2/c1-2-21-14(18)10-5-4-8-17(9-10)23(19,20)12-7-3-6-11-13(12)16-22-15-11/h3,6-7,10H,2,4-5,8-9H2,1H3/t10-/m0/s1. The van der Waals surface area contributed by atoms with Crippen molar-refractivity contribution in [2.75, 3.05) is 19.7 Å². The summed E-state index contributed by atoms with van der Waals surface area (Å²) in [7, 11) is -3.71. The van der Waals surface area contributed by atoms with Crippen LogP contribution < -0.4 is 0 Å². The number of benzene rings is 1. The Balaban J connectivity index is 1.90. The Labute approximate surface area is 138 Å². The molecule has 1 aromatic carbocycles. The minimum absolute atomic E-state index is 0.147. The summed E-state index contributed by atoms with van der Waals surface area (Å²) in [6.07, 6.45) is 1.28. The number of sulfonamides is 1. The molecule has 124 valence electrons. The summed E-state index contributed by atoms with van der Waals surface area (Å²) >= 11 is 0.985. The number of aromatic nitrogens is 2. The molecule has 0 aliphatic carbocycles. The number of esters is 1. The Hall–Kier alpha value is -1.58. The molecule has 1 aliphatic heterocycles. The van der Waals surface area contributed by atoms with E-state index >= 15 is 0 Å². The highest BCUT2D eigenvalue weighted by Gasteiger charge is 2.35. The molecule has 1 fully saturated rings. The second kappa shape index (κ2) is 6.50. The van der Waals surface area contributed by atoms with E-state index in [0.717, 1.165) is 11.7 Å². The lowest BCUT2D eigenvalue weighted by Gasteiger charge is -2.30. The number of piperidine rings is 1. The van der Waals surface area contributed by atoms with E-state index < -0.39 is 15.9 Å². The van der Waals surface area contributed by atoms with E-state index in [1.807, 2.05) is 0 Å². The fraction of sp³-hybridized carbons (Fsp3) is 0.500. The highest BCUT2D eigenvalue weighted by atomic mass is 32.2. The number of ether oxygens (including phenoxy) is 1. The summed E-state index contributed by atoms with van der Waals surface area (Å²) in [5.74, 6) is -0.743. The van der Waals surface area contributed by atoms with Gasteiger partial charge in [0.05, 0.1) is 24.3 Å². The smallest absolute Gasteiger partial charge is 0.310 e. The van der Waals surface area contributed by atoms with E-state index in [9.17, 15) is 13.2 Å². The van der Waals surface area contributed by atoms with E-state index in [1.165, 1.54) is 10.4 Å². The summed E-state index contributed by atoms with van der Waals surface area (Å²) in [6.45, 7) is 2.58. The van der Waals surface area contributed by atoms with Crippen LogP contribution in [0.15, 0.2) is 23.1 Å². The van der Waals surface area contributed by atoms with Crippen molar-refractivity contribution in [1.29, 1.82) is 0 Å². The number of carbonyl (C=O) groups is 1. The van der Waals surface area contributed by atoms with Gasteiger partial charge in [-0.2, -0.15) is 13.1 Å². The normalized spacial score (nSPS) is 19.8. The summed E-state index contributed by atoms with van der Waals surface area (Å²) < 4.78 is 40.4. The lowest BCUT2D eigenvalue weighted by molar-refractivity contribution is -0.149. The number of carbonyl (C=O) groups excluding carboxylic acids is 1. The van der Waals surface area contributed by atoms with Crippen molar-refractivity contribution in [3.8, 4) is 0 Å². The minimum atomic E-state index is -3.71. The first kappa shape index (κ1) is 16.3. The van der Waals surface area contributed by atoms with Gasteiger partial charge in [-0.25, -0.2) is 8.42 Å². The zero-order valence-corrected chi connectivity index (χ0v) is 14.3. The summed E-state index contributed by atoms with van der Waals surface area (Å²) in [6, 6.07) is 4.92. The van der Waals surface area contributed by atoms with Crippen LogP contribution in [0.3, 0.4) is 0 Å². The van der Waals surface area contributed by atoms with Crippen molar-refractivity contribution in [2.24, 2.45) is 5.92 Å². The molecule has 0 amide bonds. The van der Waals surface area contributed by atoms with Crippen LogP contribution in [0.5, 0.6) is 0 Å². The van der Waals surface area contributed by atoms with Gasteiger partial charge >= 0.3 is 5.97 Å². The molecule has 1 aliphatic rings. The van der Waals surface area contributed by atoms with E-state index in [0.29, 0.717) is 37.0 Å². The predicted molar refractivity (Wildman–Crippen MR) is 85.5 cm³/mol. The molecule has 0 radical (unpaired) electrons. The topological polar surface area (TPSA) is 89.5 Å². The molecule has 3 rings (SSSR count). The van der Waals surface area contributed by atoms with Crippen LogP contribution in [0.1, 0.15) is 19.8 Å². The summed E-state index contributed by atoms with van der Waals surface area (Å²) in [5, 5.41) is 0. The second-order valence-electron chi connectivity index (χ2n) is 5.34. The molecule has 2 heterocycles. The van der Waals surface area contributed by atoms with Gasteiger partial charge in [-0.1, -0.05) is 6.07 Å². The quantitative estimate of drug-likeness (QED) is 0.775. The molecular weight excluding hydrogens is 338 g/mol. The van der Waals surface area contributed by atoms with Crippen LogP contribution in [0.4, 0.5) is 0 Å². The average molecular weight is 355 g/mol. The molecule has 0 spiro atoms. The second-order valence-corrected chi connectivity index (χ2v) is 7.78. The van der Waals surface area contributed by atoms with Gasteiger partial charge in [0.2, 0.25) is 10.0 Å². The van der Waals surface area contributed by atoms with Crippen LogP contribution in [0, 0.1) is 5.92 Å². The monoisotopic (exact) mass is 355 g/mol. The molecule has 2 aromatic rings. The SMILES string of the molecule is CCOC(=O)[C@H]1CCCN(S(=O)(=O)c2cccc3nsnc23)C1. The first-order chi connectivity index (χ1) is 11.0. The van der Waals surface area contributed by atoms with Crippen molar-refractivity contribution in [1.82, 2.24) is 13.1 Å². The number of hydrogen-bond donors (Lipinski definition) is 0. The third-order valence-corrected chi connectivity index (χ3v) is 6.31. The Morgan fingerprint density at radius 2 is 2.26 bits per heavy atom. The molecule has 9 heteroatoms. The van der Waals surface area contributed by atoms with Crippen molar-refractivity contribution < 1.29 is 17.9 Å². The maximum Gasteiger partial charge on any atom is 0.310 e. The molecular formula is C14H17N3O4S2. The third kappa shape index (κ3) is 3.08. The number of nitrogens with zero attached hydrogens (tertiary/aromatic N) is 3. The maximum atomic E-state index is 12.9. The van der Waals surface area contributed by atoms with Gasteiger partial charge in [0, 0.05) is 13.1 Å². The Morgan fingerprint density at radius 1 is 1.43 bits per heavy atom. The van der Waals surface area contributed by atoms with Gasteiger partial charge in [0.25, 0.3) is 0 Å².